The molecule has 0 saturated carbocycles. The number of carbonyl (C=O) groups is 1. The molecule has 6 heteroatoms. The van der Waals surface area contributed by atoms with Gasteiger partial charge in [0.05, 0.1) is 7.11 Å². The summed E-state index contributed by atoms with van der Waals surface area (Å²) in [5.41, 5.74) is 3.61. The number of hydrogen-bond donors (Lipinski definition) is 2. The Balaban J connectivity index is 1.49. The fraction of sp³-hybridized carbons (Fsp3) is 0.391. The molecule has 154 valence electrons. The molecule has 0 aromatic heterocycles. The quantitative estimate of drug-likeness (QED) is 0.534. The van der Waals surface area contributed by atoms with E-state index < -0.39 is 0 Å². The van der Waals surface area contributed by atoms with E-state index in [0.717, 1.165) is 37.6 Å². The normalized spacial score (nSPS) is 14.2. The number of amides is 1. The fourth-order valence-electron chi connectivity index (χ4n) is 3.48. The van der Waals surface area contributed by atoms with Crippen LogP contribution in [-0.4, -0.2) is 44.0 Å². The number of benzene rings is 2. The highest BCUT2D eigenvalue weighted by molar-refractivity contribution is 5.79. The van der Waals surface area contributed by atoms with E-state index in [1.54, 1.807) is 14.2 Å². The molecule has 2 aromatic carbocycles. The molecular weight excluding hydrogens is 364 g/mol. The summed E-state index contributed by atoms with van der Waals surface area (Å²) in [6.45, 7) is 2.99. The molecular formula is C23H30N4O2. The number of carbonyl (C=O) groups excluding carboxylic acids is 1. The lowest BCUT2D eigenvalue weighted by Crippen LogP contribution is -2.38. The topological polar surface area (TPSA) is 66.0 Å². The average molecular weight is 395 g/mol. The number of likely N-dealkylation sites (tertiary alicyclic amines) is 1. The third kappa shape index (κ3) is 5.98. The van der Waals surface area contributed by atoms with Crippen LogP contribution in [0.2, 0.25) is 0 Å². The molecule has 1 aliphatic rings. The molecule has 1 amide bonds. The summed E-state index contributed by atoms with van der Waals surface area (Å²) < 4.78 is 5.19. The first-order chi connectivity index (χ1) is 14.2. The molecule has 3 rings (SSSR count). The molecule has 6 nitrogen and oxygen atoms in total. The summed E-state index contributed by atoms with van der Waals surface area (Å²) in [4.78, 5) is 18.2. The van der Waals surface area contributed by atoms with Crippen LogP contribution in [0.1, 0.15) is 29.5 Å². The second kappa shape index (κ2) is 10.5. The molecule has 0 unspecified atom stereocenters. The van der Waals surface area contributed by atoms with Crippen LogP contribution < -0.4 is 15.4 Å². The van der Waals surface area contributed by atoms with E-state index in [2.05, 4.69) is 39.9 Å². The highest BCUT2D eigenvalue weighted by Gasteiger charge is 2.20. The monoisotopic (exact) mass is 394 g/mol. The number of nitrogens with one attached hydrogen (secondary N) is 2. The van der Waals surface area contributed by atoms with Gasteiger partial charge in [0.1, 0.15) is 5.75 Å². The van der Waals surface area contributed by atoms with Crippen molar-refractivity contribution < 1.29 is 9.53 Å². The van der Waals surface area contributed by atoms with Crippen molar-refractivity contribution in [3.05, 3.63) is 65.2 Å². The number of aliphatic imine (C=N–C) groups is 1. The predicted molar refractivity (Wildman–Crippen MR) is 116 cm³/mol. The Hall–Kier alpha value is -3.02. The Labute approximate surface area is 173 Å². The van der Waals surface area contributed by atoms with Gasteiger partial charge >= 0.3 is 0 Å². The van der Waals surface area contributed by atoms with Crippen molar-refractivity contribution in [3.63, 3.8) is 0 Å². The zero-order valence-electron chi connectivity index (χ0n) is 17.3. The van der Waals surface area contributed by atoms with Gasteiger partial charge in [0.15, 0.2) is 5.96 Å². The van der Waals surface area contributed by atoms with Crippen molar-refractivity contribution in [1.82, 2.24) is 15.5 Å². The summed E-state index contributed by atoms with van der Waals surface area (Å²) in [6, 6.07) is 16.4. The number of ether oxygens (including phenoxy) is 1. The number of hydrogen-bond acceptors (Lipinski definition) is 3. The van der Waals surface area contributed by atoms with Gasteiger partial charge in [-0.3, -0.25) is 9.79 Å². The van der Waals surface area contributed by atoms with Gasteiger partial charge in [-0.1, -0.05) is 36.4 Å². The van der Waals surface area contributed by atoms with Crippen molar-refractivity contribution in [2.45, 2.75) is 32.4 Å². The lowest BCUT2D eigenvalue weighted by Gasteiger charge is -2.19. The first kappa shape index (κ1) is 20.7. The van der Waals surface area contributed by atoms with E-state index >= 15 is 0 Å². The van der Waals surface area contributed by atoms with Gasteiger partial charge in [0.25, 0.3) is 0 Å². The molecule has 29 heavy (non-hydrogen) atoms. The molecule has 1 heterocycles. The maximum absolute atomic E-state index is 11.9. The molecule has 0 aliphatic carbocycles. The van der Waals surface area contributed by atoms with Crippen LogP contribution in [-0.2, 0) is 24.3 Å². The molecule has 0 radical (unpaired) electrons. The van der Waals surface area contributed by atoms with Gasteiger partial charge in [-0.05, 0) is 41.7 Å². The van der Waals surface area contributed by atoms with E-state index in [0.29, 0.717) is 19.5 Å². The van der Waals surface area contributed by atoms with E-state index in [1.807, 2.05) is 29.2 Å². The first-order valence-electron chi connectivity index (χ1n) is 10.1. The van der Waals surface area contributed by atoms with Crippen molar-refractivity contribution >= 4 is 11.9 Å². The molecule has 1 aliphatic heterocycles. The maximum Gasteiger partial charge on any atom is 0.222 e. The van der Waals surface area contributed by atoms with Crippen LogP contribution in [0.3, 0.4) is 0 Å². The van der Waals surface area contributed by atoms with E-state index in [-0.39, 0.29) is 5.91 Å². The van der Waals surface area contributed by atoms with Crippen LogP contribution in [0.15, 0.2) is 53.5 Å². The summed E-state index contributed by atoms with van der Waals surface area (Å²) in [5, 5.41) is 6.74. The molecule has 2 N–H and O–H groups in total. The lowest BCUT2D eigenvalue weighted by atomic mass is 10.1. The van der Waals surface area contributed by atoms with Crippen LogP contribution in [0.5, 0.6) is 5.75 Å². The Morgan fingerprint density at radius 2 is 1.86 bits per heavy atom. The third-order valence-electron chi connectivity index (χ3n) is 5.19. The zero-order chi connectivity index (χ0) is 20.5. The first-order valence-corrected chi connectivity index (χ1v) is 10.1. The lowest BCUT2D eigenvalue weighted by molar-refractivity contribution is -0.128. The van der Waals surface area contributed by atoms with Crippen molar-refractivity contribution in [1.29, 1.82) is 0 Å². The second-order valence-electron chi connectivity index (χ2n) is 7.14. The second-order valence-corrected chi connectivity index (χ2v) is 7.14. The molecule has 0 spiro atoms. The van der Waals surface area contributed by atoms with Crippen LogP contribution in [0, 0.1) is 0 Å². The number of rotatable bonds is 8. The summed E-state index contributed by atoms with van der Waals surface area (Å²) in [7, 11) is 3.45. The van der Waals surface area contributed by atoms with E-state index in [4.69, 9.17) is 4.74 Å². The van der Waals surface area contributed by atoms with Gasteiger partial charge in [0, 0.05) is 39.6 Å². The van der Waals surface area contributed by atoms with Gasteiger partial charge < -0.3 is 20.3 Å². The fourth-order valence-corrected chi connectivity index (χ4v) is 3.48. The minimum atomic E-state index is 0.253. The van der Waals surface area contributed by atoms with Crippen molar-refractivity contribution in [2.75, 3.05) is 27.2 Å². The number of guanidine groups is 1. The highest BCUT2D eigenvalue weighted by atomic mass is 16.5. The Kier molecular flexibility index (Phi) is 7.50. The standard InChI is InChI=1S/C23H30N4O2/c1-24-23(25-14-13-18-9-11-21(29-2)12-10-18)26-16-19-6-3-4-7-20(19)17-27-15-5-8-22(27)28/h3-4,6-7,9-12H,5,8,13-17H2,1-2H3,(H2,24,25,26). The molecule has 2 aromatic rings. The third-order valence-corrected chi connectivity index (χ3v) is 5.19. The largest absolute Gasteiger partial charge is 0.497 e. The number of methoxy groups -OCH3 is 1. The molecule has 0 atom stereocenters. The minimum absolute atomic E-state index is 0.253. The average Bonchev–Trinajstić information content (AvgIpc) is 3.16. The van der Waals surface area contributed by atoms with Gasteiger partial charge in [-0.25, -0.2) is 0 Å². The Bertz CT molecular complexity index is 833. The van der Waals surface area contributed by atoms with Gasteiger partial charge in [0.2, 0.25) is 5.91 Å². The minimum Gasteiger partial charge on any atom is -0.497 e. The van der Waals surface area contributed by atoms with Crippen molar-refractivity contribution in [2.24, 2.45) is 4.99 Å². The summed E-state index contributed by atoms with van der Waals surface area (Å²) in [5.74, 6) is 1.89. The SMILES string of the molecule is CN=C(NCCc1ccc(OC)cc1)NCc1ccccc1CN1CCCC1=O. The molecule has 0 bridgehead atoms. The molecule has 1 saturated heterocycles. The van der Waals surface area contributed by atoms with Crippen molar-refractivity contribution in [3.8, 4) is 5.75 Å². The number of nitrogens with zero attached hydrogens (tertiary/aromatic N) is 2. The Morgan fingerprint density at radius 3 is 2.52 bits per heavy atom. The summed E-state index contributed by atoms with van der Waals surface area (Å²) >= 11 is 0. The predicted octanol–water partition coefficient (Wildman–Crippen LogP) is 2.73. The Morgan fingerprint density at radius 1 is 1.10 bits per heavy atom. The van der Waals surface area contributed by atoms with E-state index in [1.165, 1.54) is 16.7 Å². The van der Waals surface area contributed by atoms with Gasteiger partial charge in [-0.2, -0.15) is 0 Å². The van der Waals surface area contributed by atoms with Crippen LogP contribution in [0.4, 0.5) is 0 Å². The highest BCUT2D eigenvalue weighted by Crippen LogP contribution is 2.17. The molecule has 1 fully saturated rings. The van der Waals surface area contributed by atoms with E-state index in [9.17, 15) is 4.79 Å². The van der Waals surface area contributed by atoms with Crippen LogP contribution in [0.25, 0.3) is 0 Å². The smallest absolute Gasteiger partial charge is 0.222 e. The van der Waals surface area contributed by atoms with Gasteiger partial charge in [-0.15, -0.1) is 0 Å². The summed E-state index contributed by atoms with van der Waals surface area (Å²) in [6.07, 6.45) is 2.54. The zero-order valence-corrected chi connectivity index (χ0v) is 17.3. The van der Waals surface area contributed by atoms with Crippen LogP contribution >= 0.6 is 0 Å². The maximum atomic E-state index is 11.9.